The molecule has 0 aliphatic heterocycles. The van der Waals surface area contributed by atoms with Crippen LogP contribution in [0.2, 0.25) is 0 Å². The van der Waals surface area contributed by atoms with Gasteiger partial charge < -0.3 is 10.6 Å². The van der Waals surface area contributed by atoms with Gasteiger partial charge in [0.25, 0.3) is 0 Å². The Labute approximate surface area is 114 Å². The summed E-state index contributed by atoms with van der Waals surface area (Å²) in [6, 6.07) is 8.25. The molecule has 0 aliphatic carbocycles. The van der Waals surface area contributed by atoms with Crippen LogP contribution < -0.4 is 10.6 Å². The standard InChI is InChI=1S/C13H13F2N3S/c1-16-12-10(14)7-11(15)13(18-12)17-8-3-5-9(19-2)6-4-8/h3-7H,1-2H3,(H2,16,17,18). The zero-order chi connectivity index (χ0) is 13.8. The van der Waals surface area contributed by atoms with Gasteiger partial charge in [0.15, 0.2) is 23.3 Å². The summed E-state index contributed by atoms with van der Waals surface area (Å²) in [5.74, 6) is -1.46. The molecule has 2 N–H and O–H groups in total. The Morgan fingerprint density at radius 2 is 1.68 bits per heavy atom. The molecule has 3 nitrogen and oxygen atoms in total. The number of pyridine rings is 1. The third-order valence-electron chi connectivity index (χ3n) is 2.52. The second-order valence-corrected chi connectivity index (χ2v) is 4.63. The molecule has 1 aromatic heterocycles. The molecule has 0 aliphatic rings. The van der Waals surface area contributed by atoms with Gasteiger partial charge in [0.05, 0.1) is 0 Å². The highest BCUT2D eigenvalue weighted by Gasteiger charge is 2.11. The number of anilines is 3. The molecule has 1 aromatic carbocycles. The first-order chi connectivity index (χ1) is 9.13. The summed E-state index contributed by atoms with van der Waals surface area (Å²) >= 11 is 1.62. The minimum Gasteiger partial charge on any atom is -0.371 e. The average Bonchev–Trinajstić information content (AvgIpc) is 2.42. The summed E-state index contributed by atoms with van der Waals surface area (Å²) in [7, 11) is 1.53. The average molecular weight is 281 g/mol. The second-order valence-electron chi connectivity index (χ2n) is 3.75. The predicted octanol–water partition coefficient (Wildman–Crippen LogP) is 3.87. The number of hydrogen-bond donors (Lipinski definition) is 2. The van der Waals surface area contributed by atoms with E-state index in [1.165, 1.54) is 7.05 Å². The van der Waals surface area contributed by atoms with E-state index < -0.39 is 11.6 Å². The van der Waals surface area contributed by atoms with E-state index >= 15 is 0 Å². The molecule has 0 unspecified atom stereocenters. The summed E-state index contributed by atoms with van der Waals surface area (Å²) in [6.07, 6.45) is 1.98. The molecule has 0 amide bonds. The van der Waals surface area contributed by atoms with Gasteiger partial charge in [-0.05, 0) is 30.5 Å². The van der Waals surface area contributed by atoms with Crippen LogP contribution in [0.3, 0.4) is 0 Å². The van der Waals surface area contributed by atoms with Crippen LogP contribution in [0.4, 0.5) is 26.1 Å². The number of hydrogen-bond acceptors (Lipinski definition) is 4. The summed E-state index contributed by atoms with van der Waals surface area (Å²) in [6.45, 7) is 0. The van der Waals surface area contributed by atoms with Gasteiger partial charge in [-0.15, -0.1) is 11.8 Å². The predicted molar refractivity (Wildman–Crippen MR) is 75.2 cm³/mol. The summed E-state index contributed by atoms with van der Waals surface area (Å²) in [4.78, 5) is 4.96. The lowest BCUT2D eigenvalue weighted by Gasteiger charge is -2.09. The first-order valence-corrected chi connectivity index (χ1v) is 6.81. The van der Waals surface area contributed by atoms with Crippen LogP contribution in [0, 0.1) is 11.6 Å². The molecule has 1 heterocycles. The lowest BCUT2D eigenvalue weighted by molar-refractivity contribution is 0.580. The Morgan fingerprint density at radius 3 is 2.26 bits per heavy atom. The van der Waals surface area contributed by atoms with Crippen molar-refractivity contribution in [2.24, 2.45) is 0 Å². The SMILES string of the molecule is CNc1nc(Nc2ccc(SC)cc2)c(F)cc1F. The molecule has 0 saturated carbocycles. The Bertz CT molecular complexity index is 573. The third-order valence-corrected chi connectivity index (χ3v) is 3.26. The maximum Gasteiger partial charge on any atom is 0.169 e. The van der Waals surface area contributed by atoms with E-state index in [4.69, 9.17) is 0 Å². The van der Waals surface area contributed by atoms with Gasteiger partial charge in [0.2, 0.25) is 0 Å². The Morgan fingerprint density at radius 1 is 1.05 bits per heavy atom. The van der Waals surface area contributed by atoms with Crippen molar-refractivity contribution in [3.8, 4) is 0 Å². The highest BCUT2D eigenvalue weighted by atomic mass is 32.2. The van der Waals surface area contributed by atoms with Gasteiger partial charge in [-0.1, -0.05) is 0 Å². The normalized spacial score (nSPS) is 10.3. The van der Waals surface area contributed by atoms with Crippen LogP contribution >= 0.6 is 11.8 Å². The molecule has 0 spiro atoms. The van der Waals surface area contributed by atoms with Crippen LogP contribution in [0.15, 0.2) is 35.2 Å². The van der Waals surface area contributed by atoms with Crippen molar-refractivity contribution in [1.82, 2.24) is 4.98 Å². The largest absolute Gasteiger partial charge is 0.371 e. The molecule has 0 radical (unpaired) electrons. The maximum absolute atomic E-state index is 13.6. The monoisotopic (exact) mass is 281 g/mol. The van der Waals surface area contributed by atoms with Crippen molar-refractivity contribution in [1.29, 1.82) is 0 Å². The fourth-order valence-electron chi connectivity index (χ4n) is 1.54. The molecule has 6 heteroatoms. The topological polar surface area (TPSA) is 37.0 Å². The molecule has 0 bridgehead atoms. The van der Waals surface area contributed by atoms with E-state index in [9.17, 15) is 8.78 Å². The van der Waals surface area contributed by atoms with Gasteiger partial charge >= 0.3 is 0 Å². The van der Waals surface area contributed by atoms with E-state index in [1.54, 1.807) is 11.8 Å². The van der Waals surface area contributed by atoms with E-state index in [0.29, 0.717) is 5.69 Å². The quantitative estimate of drug-likeness (QED) is 0.834. The summed E-state index contributed by atoms with van der Waals surface area (Å²) in [5, 5.41) is 5.39. The number of aromatic nitrogens is 1. The van der Waals surface area contributed by atoms with Crippen molar-refractivity contribution in [2.75, 3.05) is 23.9 Å². The minimum absolute atomic E-state index is 0.00429. The van der Waals surface area contributed by atoms with Crippen molar-refractivity contribution >= 4 is 29.1 Å². The molecule has 0 atom stereocenters. The lowest BCUT2D eigenvalue weighted by Crippen LogP contribution is -2.03. The molecule has 2 aromatic rings. The highest BCUT2D eigenvalue weighted by Crippen LogP contribution is 2.24. The van der Waals surface area contributed by atoms with E-state index in [2.05, 4.69) is 15.6 Å². The van der Waals surface area contributed by atoms with Gasteiger partial charge in [-0.3, -0.25) is 0 Å². The highest BCUT2D eigenvalue weighted by molar-refractivity contribution is 7.98. The zero-order valence-electron chi connectivity index (χ0n) is 10.5. The first kappa shape index (κ1) is 13.6. The Hall–Kier alpha value is -1.82. The fraction of sp³-hybridized carbons (Fsp3) is 0.154. The first-order valence-electron chi connectivity index (χ1n) is 5.59. The molecule has 0 fully saturated rings. The minimum atomic E-state index is -0.731. The van der Waals surface area contributed by atoms with Crippen LogP contribution in [-0.2, 0) is 0 Å². The molecule has 100 valence electrons. The van der Waals surface area contributed by atoms with Crippen LogP contribution in [0.5, 0.6) is 0 Å². The van der Waals surface area contributed by atoms with Crippen LogP contribution in [0.25, 0.3) is 0 Å². The van der Waals surface area contributed by atoms with Gasteiger partial charge in [0, 0.05) is 23.7 Å². The number of halogens is 2. The number of thioether (sulfide) groups is 1. The van der Waals surface area contributed by atoms with Crippen LogP contribution in [0.1, 0.15) is 0 Å². The molecule has 0 saturated heterocycles. The molecular weight excluding hydrogens is 268 g/mol. The second kappa shape index (κ2) is 5.88. The van der Waals surface area contributed by atoms with Gasteiger partial charge in [-0.25, -0.2) is 13.8 Å². The third kappa shape index (κ3) is 3.14. The summed E-state index contributed by atoms with van der Waals surface area (Å²) in [5.41, 5.74) is 0.692. The Balaban J connectivity index is 2.26. The van der Waals surface area contributed by atoms with E-state index in [0.717, 1.165) is 11.0 Å². The molecule has 2 rings (SSSR count). The van der Waals surface area contributed by atoms with E-state index in [1.807, 2.05) is 30.5 Å². The number of rotatable bonds is 4. The number of nitrogens with one attached hydrogen (secondary N) is 2. The number of benzene rings is 1. The number of nitrogens with zero attached hydrogens (tertiary/aromatic N) is 1. The van der Waals surface area contributed by atoms with E-state index in [-0.39, 0.29) is 11.6 Å². The van der Waals surface area contributed by atoms with Gasteiger partial charge in [0.1, 0.15) is 0 Å². The molecular formula is C13H13F2N3S. The molecule has 19 heavy (non-hydrogen) atoms. The fourth-order valence-corrected chi connectivity index (χ4v) is 1.95. The smallest absolute Gasteiger partial charge is 0.169 e. The Kier molecular flexibility index (Phi) is 4.21. The van der Waals surface area contributed by atoms with Gasteiger partial charge in [-0.2, -0.15) is 0 Å². The summed E-state index contributed by atoms with van der Waals surface area (Å²) < 4.78 is 26.9. The van der Waals surface area contributed by atoms with Crippen molar-refractivity contribution in [3.63, 3.8) is 0 Å². The van der Waals surface area contributed by atoms with Crippen molar-refractivity contribution in [3.05, 3.63) is 42.0 Å². The van der Waals surface area contributed by atoms with Crippen molar-refractivity contribution < 1.29 is 8.78 Å². The van der Waals surface area contributed by atoms with Crippen molar-refractivity contribution in [2.45, 2.75) is 4.90 Å². The lowest BCUT2D eigenvalue weighted by atomic mass is 10.3. The zero-order valence-corrected chi connectivity index (χ0v) is 11.3. The van der Waals surface area contributed by atoms with Crippen LogP contribution in [-0.4, -0.2) is 18.3 Å². The maximum atomic E-state index is 13.6.